The van der Waals surface area contributed by atoms with Crippen LogP contribution in [0.4, 0.5) is 5.69 Å². The third-order valence-corrected chi connectivity index (χ3v) is 3.05. The van der Waals surface area contributed by atoms with Crippen molar-refractivity contribution in [1.82, 2.24) is 0 Å². The van der Waals surface area contributed by atoms with Gasteiger partial charge < -0.3 is 16.8 Å². The Hall–Kier alpha value is -1.59. The molecule has 0 heterocycles. The van der Waals surface area contributed by atoms with Crippen LogP contribution in [0, 0.1) is 6.92 Å². The van der Waals surface area contributed by atoms with E-state index in [2.05, 4.69) is 5.32 Å². The zero-order chi connectivity index (χ0) is 14.6. The molecule has 0 aromatic heterocycles. The molecule has 0 aliphatic heterocycles. The summed E-state index contributed by atoms with van der Waals surface area (Å²) in [6.45, 7) is 5.44. The Kier molecular flexibility index (Phi) is 6.68. The molecule has 0 saturated heterocycles. The molecular weight excluding hydrogens is 278 g/mol. The number of rotatable bonds is 5. The van der Waals surface area contributed by atoms with Crippen molar-refractivity contribution in [2.45, 2.75) is 39.2 Å². The Morgan fingerprint density at radius 2 is 1.95 bits per heavy atom. The van der Waals surface area contributed by atoms with E-state index < -0.39 is 11.4 Å². The van der Waals surface area contributed by atoms with Crippen molar-refractivity contribution in [1.29, 1.82) is 0 Å². The number of aryl methyl sites for hydroxylation is 1. The highest BCUT2D eigenvalue weighted by Gasteiger charge is 2.27. The van der Waals surface area contributed by atoms with Crippen molar-refractivity contribution < 1.29 is 9.59 Å². The molecule has 0 spiro atoms. The molecule has 1 rings (SSSR count). The molecule has 1 aromatic carbocycles. The van der Waals surface area contributed by atoms with Gasteiger partial charge in [0.2, 0.25) is 11.8 Å². The lowest BCUT2D eigenvalue weighted by atomic mass is 9.96. The van der Waals surface area contributed by atoms with E-state index in [1.807, 2.05) is 6.92 Å². The predicted molar refractivity (Wildman–Crippen MR) is 83.1 cm³/mol. The highest BCUT2D eigenvalue weighted by atomic mass is 35.5. The summed E-state index contributed by atoms with van der Waals surface area (Å²) in [6.07, 6.45) is 1.41. The largest absolute Gasteiger partial charge is 0.366 e. The van der Waals surface area contributed by atoms with Crippen LogP contribution in [0.1, 0.15) is 42.6 Å². The molecule has 1 aromatic rings. The maximum atomic E-state index is 12.0. The van der Waals surface area contributed by atoms with Crippen LogP contribution in [0.15, 0.2) is 18.2 Å². The Labute approximate surface area is 125 Å². The minimum Gasteiger partial charge on any atom is -0.366 e. The van der Waals surface area contributed by atoms with E-state index in [0.29, 0.717) is 17.7 Å². The summed E-state index contributed by atoms with van der Waals surface area (Å²) in [4.78, 5) is 23.3. The molecule has 0 aliphatic rings. The van der Waals surface area contributed by atoms with Crippen LogP contribution in [-0.4, -0.2) is 17.4 Å². The van der Waals surface area contributed by atoms with Crippen molar-refractivity contribution in [3.63, 3.8) is 0 Å². The minimum absolute atomic E-state index is 0. The van der Waals surface area contributed by atoms with E-state index in [0.717, 1.165) is 12.0 Å². The predicted octanol–water partition coefficient (Wildman–Crippen LogP) is 1.97. The molecule has 6 heteroatoms. The summed E-state index contributed by atoms with van der Waals surface area (Å²) < 4.78 is 0. The first-order chi connectivity index (χ1) is 8.77. The van der Waals surface area contributed by atoms with Gasteiger partial charge >= 0.3 is 0 Å². The Morgan fingerprint density at radius 1 is 1.35 bits per heavy atom. The fraction of sp³-hybridized carbons (Fsp3) is 0.429. The topological polar surface area (TPSA) is 98.2 Å². The number of nitrogens with one attached hydrogen (secondary N) is 1. The minimum atomic E-state index is -0.924. The van der Waals surface area contributed by atoms with Gasteiger partial charge in [-0.3, -0.25) is 9.59 Å². The molecule has 1 unspecified atom stereocenters. The van der Waals surface area contributed by atoms with Gasteiger partial charge in [0.1, 0.15) is 0 Å². The Morgan fingerprint density at radius 3 is 2.45 bits per heavy atom. The molecule has 0 fully saturated rings. The third-order valence-electron chi connectivity index (χ3n) is 3.05. The number of carbonyl (C=O) groups is 2. The van der Waals surface area contributed by atoms with Gasteiger partial charge in [-0.1, -0.05) is 19.4 Å². The number of hydrogen-bond donors (Lipinski definition) is 3. The van der Waals surface area contributed by atoms with Crippen molar-refractivity contribution in [3.8, 4) is 0 Å². The quantitative estimate of drug-likeness (QED) is 0.775. The van der Waals surface area contributed by atoms with Crippen LogP contribution in [0.5, 0.6) is 0 Å². The summed E-state index contributed by atoms with van der Waals surface area (Å²) in [6, 6.07) is 5.03. The lowest BCUT2D eigenvalue weighted by Gasteiger charge is -2.23. The summed E-state index contributed by atoms with van der Waals surface area (Å²) >= 11 is 0. The first-order valence-electron chi connectivity index (χ1n) is 6.28. The molecule has 5 nitrogen and oxygen atoms in total. The lowest BCUT2D eigenvalue weighted by molar-refractivity contribution is -0.120. The SMILES string of the molecule is CCCC(C)(N)C(=O)Nc1ccc(C)c(C(N)=O)c1.Cl. The number of nitrogens with two attached hydrogens (primary N) is 2. The van der Waals surface area contributed by atoms with E-state index >= 15 is 0 Å². The van der Waals surface area contributed by atoms with Gasteiger partial charge in [0.15, 0.2) is 0 Å². The molecule has 2 amide bonds. The number of primary amides is 1. The van der Waals surface area contributed by atoms with Gasteiger partial charge in [0, 0.05) is 11.3 Å². The summed E-state index contributed by atoms with van der Waals surface area (Å²) in [5.74, 6) is -0.786. The molecule has 112 valence electrons. The van der Waals surface area contributed by atoms with Crippen molar-refractivity contribution >= 4 is 29.9 Å². The van der Waals surface area contributed by atoms with E-state index in [9.17, 15) is 9.59 Å². The van der Waals surface area contributed by atoms with Crippen LogP contribution in [0.25, 0.3) is 0 Å². The van der Waals surface area contributed by atoms with E-state index in [4.69, 9.17) is 11.5 Å². The smallest absolute Gasteiger partial charge is 0.249 e. The maximum Gasteiger partial charge on any atom is 0.249 e. The molecule has 0 aliphatic carbocycles. The number of amides is 2. The first kappa shape index (κ1) is 18.4. The number of carbonyl (C=O) groups excluding carboxylic acids is 2. The van der Waals surface area contributed by atoms with Gasteiger partial charge in [0.25, 0.3) is 0 Å². The third kappa shape index (κ3) is 4.51. The van der Waals surface area contributed by atoms with Gasteiger partial charge in [-0.15, -0.1) is 12.4 Å². The monoisotopic (exact) mass is 299 g/mol. The van der Waals surface area contributed by atoms with Crippen LogP contribution in [-0.2, 0) is 4.79 Å². The number of anilines is 1. The van der Waals surface area contributed by atoms with Gasteiger partial charge in [-0.25, -0.2) is 0 Å². The molecule has 0 bridgehead atoms. The zero-order valence-electron chi connectivity index (χ0n) is 12.0. The second kappa shape index (κ2) is 7.26. The first-order valence-corrected chi connectivity index (χ1v) is 6.28. The van der Waals surface area contributed by atoms with Gasteiger partial charge in [0.05, 0.1) is 5.54 Å². The Balaban J connectivity index is 0.00000361. The number of halogens is 1. The van der Waals surface area contributed by atoms with Crippen molar-refractivity contribution in [2.24, 2.45) is 11.5 Å². The van der Waals surface area contributed by atoms with Crippen LogP contribution in [0.3, 0.4) is 0 Å². The summed E-state index contributed by atoms with van der Waals surface area (Å²) in [5.41, 5.74) is 12.0. The fourth-order valence-electron chi connectivity index (χ4n) is 1.87. The molecule has 20 heavy (non-hydrogen) atoms. The second-order valence-electron chi connectivity index (χ2n) is 5.02. The molecule has 0 radical (unpaired) electrons. The molecule has 0 saturated carbocycles. The average Bonchev–Trinajstić information content (AvgIpc) is 2.31. The van der Waals surface area contributed by atoms with Crippen LogP contribution < -0.4 is 16.8 Å². The number of hydrogen-bond acceptors (Lipinski definition) is 3. The van der Waals surface area contributed by atoms with Crippen LogP contribution in [0.2, 0.25) is 0 Å². The molecule has 1 atom stereocenters. The fourth-order valence-corrected chi connectivity index (χ4v) is 1.87. The van der Waals surface area contributed by atoms with Crippen LogP contribution >= 0.6 is 12.4 Å². The zero-order valence-corrected chi connectivity index (χ0v) is 12.8. The van der Waals surface area contributed by atoms with Gasteiger partial charge in [-0.2, -0.15) is 0 Å². The van der Waals surface area contributed by atoms with E-state index in [1.54, 1.807) is 32.0 Å². The normalized spacial score (nSPS) is 13.0. The lowest BCUT2D eigenvalue weighted by Crippen LogP contribution is -2.48. The van der Waals surface area contributed by atoms with Crippen molar-refractivity contribution in [3.05, 3.63) is 29.3 Å². The highest BCUT2D eigenvalue weighted by Crippen LogP contribution is 2.17. The van der Waals surface area contributed by atoms with E-state index in [1.165, 1.54) is 0 Å². The molecule has 5 N–H and O–H groups in total. The van der Waals surface area contributed by atoms with E-state index in [-0.39, 0.29) is 18.3 Å². The summed E-state index contributed by atoms with van der Waals surface area (Å²) in [7, 11) is 0. The maximum absolute atomic E-state index is 12.0. The molecular formula is C14H22ClN3O2. The number of benzene rings is 1. The summed E-state index contributed by atoms with van der Waals surface area (Å²) in [5, 5.41) is 2.72. The Bertz CT molecular complexity index is 501. The standard InChI is InChI=1S/C14H21N3O2.ClH/c1-4-7-14(3,16)13(19)17-10-6-5-9(2)11(8-10)12(15)18;/h5-6,8H,4,7,16H2,1-3H3,(H2,15,18)(H,17,19);1H. The average molecular weight is 300 g/mol. The second-order valence-corrected chi connectivity index (χ2v) is 5.02. The van der Waals surface area contributed by atoms with Crippen molar-refractivity contribution in [2.75, 3.05) is 5.32 Å². The van der Waals surface area contributed by atoms with Gasteiger partial charge in [-0.05, 0) is 38.0 Å². The highest BCUT2D eigenvalue weighted by molar-refractivity contribution is 6.00.